The Morgan fingerprint density at radius 1 is 1.35 bits per heavy atom. The number of nitrogens with zero attached hydrogens (tertiary/aromatic N) is 3. The van der Waals surface area contributed by atoms with Crippen LogP contribution in [0, 0.1) is 0 Å². The first-order chi connectivity index (χ1) is 11.0. The van der Waals surface area contributed by atoms with Gasteiger partial charge in [-0.05, 0) is 44.7 Å². The molecule has 0 unspecified atom stereocenters. The van der Waals surface area contributed by atoms with Gasteiger partial charge in [-0.1, -0.05) is 12.1 Å². The third-order valence-corrected chi connectivity index (χ3v) is 3.48. The molecule has 1 N–H and O–H groups in total. The van der Waals surface area contributed by atoms with E-state index in [4.69, 9.17) is 4.74 Å². The van der Waals surface area contributed by atoms with E-state index in [2.05, 4.69) is 5.10 Å². The average Bonchev–Trinajstić information content (AvgIpc) is 2.99. The van der Waals surface area contributed by atoms with Crippen LogP contribution in [-0.4, -0.2) is 45.5 Å². The minimum Gasteiger partial charge on any atom is -0.491 e. The molecule has 6 heteroatoms. The fourth-order valence-corrected chi connectivity index (χ4v) is 2.41. The molecule has 0 saturated carbocycles. The highest BCUT2D eigenvalue weighted by atomic mass is 16.5. The maximum Gasteiger partial charge on any atom is 0.325 e. The lowest BCUT2D eigenvalue weighted by molar-refractivity contribution is -0.143. The van der Waals surface area contributed by atoms with Crippen molar-refractivity contribution in [2.75, 3.05) is 13.6 Å². The number of hydrogen-bond donors (Lipinski definition) is 1. The Hall–Kier alpha value is -2.34. The van der Waals surface area contributed by atoms with Gasteiger partial charge < -0.3 is 9.84 Å². The molecule has 1 heterocycles. The maximum absolute atomic E-state index is 11.7. The third-order valence-electron chi connectivity index (χ3n) is 3.48. The number of hydrogen-bond acceptors (Lipinski definition) is 4. The van der Waals surface area contributed by atoms with Gasteiger partial charge in [0, 0.05) is 18.9 Å². The minimum absolute atomic E-state index is 0.0906. The van der Waals surface area contributed by atoms with Crippen LogP contribution in [0.5, 0.6) is 5.75 Å². The monoisotopic (exact) mass is 317 g/mol. The molecule has 1 aromatic heterocycles. The van der Waals surface area contributed by atoms with Gasteiger partial charge in [-0.25, -0.2) is 0 Å². The first-order valence-corrected chi connectivity index (χ1v) is 7.64. The number of aliphatic carboxylic acids is 1. The first-order valence-electron chi connectivity index (χ1n) is 7.64. The molecular weight excluding hydrogens is 294 g/mol. The van der Waals surface area contributed by atoms with Gasteiger partial charge in [0.2, 0.25) is 0 Å². The fraction of sp³-hybridized carbons (Fsp3) is 0.412. The number of likely N-dealkylation sites (N-methyl/N-ethyl adjacent to an activating group) is 1. The van der Waals surface area contributed by atoms with Gasteiger partial charge in [-0.15, -0.1) is 0 Å². The largest absolute Gasteiger partial charge is 0.491 e. The van der Waals surface area contributed by atoms with E-state index >= 15 is 0 Å². The van der Waals surface area contributed by atoms with Gasteiger partial charge in [0.15, 0.2) is 0 Å². The molecule has 23 heavy (non-hydrogen) atoms. The standard InChI is InChI=1S/C17H23N3O3/c1-13(2)23-15-7-5-14(6-8-15)16(17(21)22)19(3)11-12-20-10-4-9-18-20/h4-10,13,16H,11-12H2,1-3H3,(H,21,22)/t16-/m1/s1. The van der Waals surface area contributed by atoms with Crippen LogP contribution < -0.4 is 4.74 Å². The van der Waals surface area contributed by atoms with E-state index in [-0.39, 0.29) is 6.10 Å². The Kier molecular flexibility index (Phi) is 5.76. The van der Waals surface area contributed by atoms with Crippen molar-refractivity contribution in [3.05, 3.63) is 48.3 Å². The second kappa shape index (κ2) is 7.78. The summed E-state index contributed by atoms with van der Waals surface area (Å²) in [4.78, 5) is 13.5. The van der Waals surface area contributed by atoms with E-state index < -0.39 is 12.0 Å². The lowest BCUT2D eigenvalue weighted by atomic mass is 10.1. The van der Waals surface area contributed by atoms with Gasteiger partial charge >= 0.3 is 5.97 Å². The van der Waals surface area contributed by atoms with Crippen LogP contribution in [0.1, 0.15) is 25.5 Å². The van der Waals surface area contributed by atoms with Gasteiger partial charge in [-0.2, -0.15) is 5.10 Å². The Balaban J connectivity index is 2.06. The van der Waals surface area contributed by atoms with Gasteiger partial charge in [0.1, 0.15) is 11.8 Å². The minimum atomic E-state index is -0.870. The van der Waals surface area contributed by atoms with Gasteiger partial charge in [0.05, 0.1) is 12.6 Å². The molecule has 0 fully saturated rings. The van der Waals surface area contributed by atoms with Crippen LogP contribution in [0.2, 0.25) is 0 Å². The highest BCUT2D eigenvalue weighted by molar-refractivity contribution is 5.75. The predicted octanol–water partition coefficient (Wildman–Crippen LogP) is 2.43. The molecule has 0 amide bonds. The smallest absolute Gasteiger partial charge is 0.325 e. The van der Waals surface area contributed by atoms with Crippen molar-refractivity contribution >= 4 is 5.97 Å². The number of carbonyl (C=O) groups is 1. The summed E-state index contributed by atoms with van der Waals surface area (Å²) in [5, 5.41) is 13.7. The Morgan fingerprint density at radius 2 is 2.04 bits per heavy atom. The Morgan fingerprint density at radius 3 is 2.57 bits per heavy atom. The Labute approximate surface area is 136 Å². The van der Waals surface area contributed by atoms with E-state index in [0.29, 0.717) is 13.1 Å². The number of benzene rings is 1. The molecule has 1 aromatic carbocycles. The van der Waals surface area contributed by atoms with Crippen molar-refractivity contribution in [3.63, 3.8) is 0 Å². The van der Waals surface area contributed by atoms with Crippen molar-refractivity contribution in [1.82, 2.24) is 14.7 Å². The zero-order valence-corrected chi connectivity index (χ0v) is 13.7. The molecule has 0 radical (unpaired) electrons. The van der Waals surface area contributed by atoms with E-state index in [0.717, 1.165) is 11.3 Å². The van der Waals surface area contributed by atoms with Crippen LogP contribution in [0.3, 0.4) is 0 Å². The second-order valence-corrected chi connectivity index (χ2v) is 5.73. The number of aromatic nitrogens is 2. The topological polar surface area (TPSA) is 67.6 Å². The van der Waals surface area contributed by atoms with Crippen LogP contribution in [0.15, 0.2) is 42.7 Å². The normalized spacial score (nSPS) is 12.6. The zero-order chi connectivity index (χ0) is 16.8. The molecular formula is C17H23N3O3. The van der Waals surface area contributed by atoms with Gasteiger partial charge in [0.25, 0.3) is 0 Å². The van der Waals surface area contributed by atoms with E-state index in [9.17, 15) is 9.90 Å². The maximum atomic E-state index is 11.7. The quantitative estimate of drug-likeness (QED) is 0.810. The molecule has 0 aliphatic heterocycles. The van der Waals surface area contributed by atoms with Crippen molar-refractivity contribution in [3.8, 4) is 5.75 Å². The molecule has 0 aliphatic carbocycles. The Bertz CT molecular complexity index is 609. The molecule has 2 aromatic rings. The number of rotatable bonds is 8. The molecule has 0 saturated heterocycles. The number of carboxylic acids is 1. The highest BCUT2D eigenvalue weighted by Gasteiger charge is 2.24. The number of carboxylic acid groups (broad SMARTS) is 1. The van der Waals surface area contributed by atoms with Crippen LogP contribution in [0.4, 0.5) is 0 Å². The molecule has 0 aliphatic rings. The number of ether oxygens (including phenoxy) is 1. The van der Waals surface area contributed by atoms with Crippen molar-refractivity contribution in [1.29, 1.82) is 0 Å². The summed E-state index contributed by atoms with van der Waals surface area (Å²) in [5.74, 6) is -0.127. The van der Waals surface area contributed by atoms with Crippen molar-refractivity contribution in [2.24, 2.45) is 0 Å². The molecule has 0 bridgehead atoms. The summed E-state index contributed by atoms with van der Waals surface area (Å²) in [6, 6.07) is 8.39. The van der Waals surface area contributed by atoms with Crippen LogP contribution >= 0.6 is 0 Å². The average molecular weight is 317 g/mol. The lowest BCUT2D eigenvalue weighted by Crippen LogP contribution is -2.33. The first kappa shape index (κ1) is 17.0. The van der Waals surface area contributed by atoms with Crippen molar-refractivity contribution < 1.29 is 14.6 Å². The summed E-state index contributed by atoms with van der Waals surface area (Å²) in [7, 11) is 1.81. The zero-order valence-electron chi connectivity index (χ0n) is 13.7. The third kappa shape index (κ3) is 4.82. The van der Waals surface area contributed by atoms with E-state index in [1.165, 1.54) is 0 Å². The predicted molar refractivity (Wildman–Crippen MR) is 87.4 cm³/mol. The van der Waals surface area contributed by atoms with Crippen molar-refractivity contribution in [2.45, 2.75) is 32.5 Å². The molecule has 2 rings (SSSR count). The SMILES string of the molecule is CC(C)Oc1ccc([C@H](C(=O)O)N(C)CCn2cccn2)cc1. The van der Waals surface area contributed by atoms with Gasteiger partial charge in [-0.3, -0.25) is 14.4 Å². The lowest BCUT2D eigenvalue weighted by Gasteiger charge is -2.25. The molecule has 1 atom stereocenters. The summed E-state index contributed by atoms with van der Waals surface area (Å²) in [6.07, 6.45) is 3.66. The molecule has 6 nitrogen and oxygen atoms in total. The van der Waals surface area contributed by atoms with Crippen LogP contribution in [-0.2, 0) is 11.3 Å². The summed E-state index contributed by atoms with van der Waals surface area (Å²) < 4.78 is 7.38. The van der Waals surface area contributed by atoms with E-state index in [1.807, 2.05) is 43.1 Å². The van der Waals surface area contributed by atoms with E-state index in [1.54, 1.807) is 30.1 Å². The molecule has 0 spiro atoms. The summed E-state index contributed by atoms with van der Waals surface area (Å²) >= 11 is 0. The fourth-order valence-electron chi connectivity index (χ4n) is 2.41. The summed E-state index contributed by atoms with van der Waals surface area (Å²) in [5.41, 5.74) is 0.733. The second-order valence-electron chi connectivity index (χ2n) is 5.73. The summed E-state index contributed by atoms with van der Waals surface area (Å²) in [6.45, 7) is 5.14. The van der Waals surface area contributed by atoms with Crippen LogP contribution in [0.25, 0.3) is 0 Å². The highest BCUT2D eigenvalue weighted by Crippen LogP contribution is 2.23. The molecule has 124 valence electrons.